The molecule has 29 heavy (non-hydrogen) atoms. The molecule has 1 amide bonds. The molecular formula is C16H14F3N7O3. The Morgan fingerprint density at radius 2 is 2.03 bits per heavy atom. The van der Waals surface area contributed by atoms with E-state index in [4.69, 9.17) is 0 Å². The second-order valence-electron chi connectivity index (χ2n) is 5.82. The minimum absolute atomic E-state index is 0.0593. The third-order valence-electron chi connectivity index (χ3n) is 3.69. The van der Waals surface area contributed by atoms with Gasteiger partial charge in [0.05, 0.1) is 0 Å². The molecular weight excluding hydrogens is 395 g/mol. The van der Waals surface area contributed by atoms with Crippen LogP contribution in [0.1, 0.15) is 16.9 Å². The largest absolute Gasteiger partial charge is 0.477 e. The van der Waals surface area contributed by atoms with E-state index in [0.717, 1.165) is 6.07 Å². The Bertz CT molecular complexity index is 1050. The second-order valence-corrected chi connectivity index (χ2v) is 5.82. The highest BCUT2D eigenvalue weighted by Gasteiger charge is 2.27. The minimum atomic E-state index is -4.50. The molecule has 0 saturated heterocycles. The first-order chi connectivity index (χ1) is 13.7. The summed E-state index contributed by atoms with van der Waals surface area (Å²) in [6, 6.07) is 1.16. The van der Waals surface area contributed by atoms with Gasteiger partial charge in [0.15, 0.2) is 11.5 Å². The third-order valence-corrected chi connectivity index (χ3v) is 3.69. The fourth-order valence-electron chi connectivity index (χ4n) is 2.40. The van der Waals surface area contributed by atoms with E-state index in [1.165, 1.54) is 12.5 Å². The lowest BCUT2D eigenvalue weighted by Gasteiger charge is -2.10. The number of amides is 1. The normalized spacial score (nSPS) is 11.4. The molecule has 3 aromatic rings. The molecule has 13 heteroatoms. The number of aromatic nitrogens is 5. The first kappa shape index (κ1) is 20.0. The summed E-state index contributed by atoms with van der Waals surface area (Å²) in [6.45, 7) is -1.48. The number of carboxylic acids is 1. The van der Waals surface area contributed by atoms with E-state index in [2.05, 4.69) is 30.2 Å². The number of rotatable bonds is 7. The van der Waals surface area contributed by atoms with Crippen LogP contribution in [-0.2, 0) is 4.79 Å². The van der Waals surface area contributed by atoms with Gasteiger partial charge >= 0.3 is 12.1 Å². The van der Waals surface area contributed by atoms with Crippen molar-refractivity contribution in [2.75, 3.05) is 18.4 Å². The summed E-state index contributed by atoms with van der Waals surface area (Å²) in [6.07, 6.45) is -0.353. The van der Waals surface area contributed by atoms with Gasteiger partial charge in [-0.25, -0.2) is 24.7 Å². The minimum Gasteiger partial charge on any atom is -0.477 e. The van der Waals surface area contributed by atoms with Crippen LogP contribution < -0.4 is 10.6 Å². The molecule has 3 rings (SSSR count). The van der Waals surface area contributed by atoms with Gasteiger partial charge in [-0.1, -0.05) is 0 Å². The molecule has 0 aliphatic rings. The number of hydrogen-bond donors (Lipinski definition) is 4. The van der Waals surface area contributed by atoms with Crippen molar-refractivity contribution >= 4 is 28.7 Å². The number of nitrogens with one attached hydrogen (secondary N) is 3. The number of carbonyl (C=O) groups excluding carboxylic acids is 1. The van der Waals surface area contributed by atoms with Gasteiger partial charge in [0.25, 0.3) is 0 Å². The molecule has 0 aliphatic carbocycles. The van der Waals surface area contributed by atoms with Gasteiger partial charge in [-0.2, -0.15) is 13.2 Å². The predicted octanol–water partition coefficient (Wildman–Crippen LogP) is 1.59. The molecule has 152 valence electrons. The maximum atomic E-state index is 12.1. The first-order valence-corrected chi connectivity index (χ1v) is 8.20. The molecule has 3 heterocycles. The molecule has 0 bridgehead atoms. The SMILES string of the molecule is O=C(CCNc1cc(C(=O)O)nc(-c2c[nH]c3ncncc23)n1)NCC(F)(F)F. The molecule has 0 fully saturated rings. The van der Waals surface area contributed by atoms with Crippen molar-refractivity contribution in [1.82, 2.24) is 30.2 Å². The molecule has 4 N–H and O–H groups in total. The van der Waals surface area contributed by atoms with E-state index in [-0.39, 0.29) is 30.3 Å². The summed E-state index contributed by atoms with van der Waals surface area (Å²) in [5.74, 6) is -1.93. The maximum Gasteiger partial charge on any atom is 0.405 e. The van der Waals surface area contributed by atoms with Crippen molar-refractivity contribution in [3.8, 4) is 11.4 Å². The van der Waals surface area contributed by atoms with Crippen molar-refractivity contribution in [2.24, 2.45) is 0 Å². The zero-order valence-electron chi connectivity index (χ0n) is 14.6. The monoisotopic (exact) mass is 409 g/mol. The van der Waals surface area contributed by atoms with Gasteiger partial charge in [-0.3, -0.25) is 4.79 Å². The van der Waals surface area contributed by atoms with Crippen LogP contribution in [0.4, 0.5) is 19.0 Å². The Kier molecular flexibility index (Phi) is 5.57. The average Bonchev–Trinajstić information content (AvgIpc) is 3.10. The van der Waals surface area contributed by atoms with Crippen LogP contribution in [0.5, 0.6) is 0 Å². The number of aromatic amines is 1. The van der Waals surface area contributed by atoms with Crippen LogP contribution >= 0.6 is 0 Å². The van der Waals surface area contributed by atoms with E-state index in [1.807, 2.05) is 0 Å². The number of aromatic carboxylic acids is 1. The van der Waals surface area contributed by atoms with Crippen LogP contribution in [0.3, 0.4) is 0 Å². The highest BCUT2D eigenvalue weighted by molar-refractivity contribution is 5.92. The highest BCUT2D eigenvalue weighted by Crippen LogP contribution is 2.25. The number of hydrogen-bond acceptors (Lipinski definition) is 7. The summed E-state index contributed by atoms with van der Waals surface area (Å²) in [4.78, 5) is 41.9. The molecule has 0 radical (unpaired) electrons. The van der Waals surface area contributed by atoms with Gasteiger partial charge in [-0.15, -0.1) is 0 Å². The number of carboxylic acid groups (broad SMARTS) is 1. The van der Waals surface area contributed by atoms with Gasteiger partial charge < -0.3 is 20.7 Å². The van der Waals surface area contributed by atoms with Crippen molar-refractivity contribution in [1.29, 1.82) is 0 Å². The van der Waals surface area contributed by atoms with Gasteiger partial charge in [-0.05, 0) is 0 Å². The Morgan fingerprint density at radius 1 is 1.24 bits per heavy atom. The van der Waals surface area contributed by atoms with Gasteiger partial charge in [0, 0.05) is 42.4 Å². The van der Waals surface area contributed by atoms with Gasteiger partial charge in [0.2, 0.25) is 5.91 Å². The number of alkyl halides is 3. The topological polar surface area (TPSA) is 146 Å². The fraction of sp³-hybridized carbons (Fsp3) is 0.250. The standard InChI is InChI=1S/C16H14F3N7O3/c17-16(18,19)6-23-12(27)1-2-21-11-3-10(15(28)29)25-14(26-11)9-5-22-13-8(9)4-20-7-24-13/h3-5,7H,1-2,6H2,(H,23,27)(H,28,29)(H,20,22,24)(H,21,25,26). The molecule has 10 nitrogen and oxygen atoms in total. The first-order valence-electron chi connectivity index (χ1n) is 8.20. The molecule has 0 unspecified atom stereocenters. The fourth-order valence-corrected chi connectivity index (χ4v) is 2.40. The number of nitrogens with zero attached hydrogens (tertiary/aromatic N) is 4. The molecule has 0 aliphatic heterocycles. The number of fused-ring (bicyclic) bond motifs is 1. The number of halogens is 3. The summed E-state index contributed by atoms with van der Waals surface area (Å²) in [5.41, 5.74) is 0.676. The highest BCUT2D eigenvalue weighted by atomic mass is 19.4. The summed E-state index contributed by atoms with van der Waals surface area (Å²) >= 11 is 0. The predicted molar refractivity (Wildman–Crippen MR) is 94.0 cm³/mol. The lowest BCUT2D eigenvalue weighted by atomic mass is 10.2. The maximum absolute atomic E-state index is 12.1. The number of carbonyl (C=O) groups is 2. The molecule has 0 aromatic carbocycles. The smallest absolute Gasteiger partial charge is 0.405 e. The van der Waals surface area contributed by atoms with E-state index in [1.54, 1.807) is 11.5 Å². The quantitative estimate of drug-likeness (QED) is 0.460. The zero-order chi connectivity index (χ0) is 21.0. The lowest BCUT2D eigenvalue weighted by molar-refractivity contribution is -0.138. The van der Waals surface area contributed by atoms with Crippen molar-refractivity contribution in [2.45, 2.75) is 12.6 Å². The van der Waals surface area contributed by atoms with E-state index >= 15 is 0 Å². The zero-order valence-corrected chi connectivity index (χ0v) is 14.6. The molecule has 0 saturated carbocycles. The van der Waals surface area contributed by atoms with Crippen molar-refractivity contribution < 1.29 is 27.9 Å². The average molecular weight is 409 g/mol. The Morgan fingerprint density at radius 3 is 2.76 bits per heavy atom. The molecule has 3 aromatic heterocycles. The third kappa shape index (κ3) is 5.15. The van der Waals surface area contributed by atoms with E-state index < -0.39 is 24.6 Å². The summed E-state index contributed by atoms with van der Waals surface area (Å²) in [7, 11) is 0. The Hall–Kier alpha value is -3.77. The van der Waals surface area contributed by atoms with E-state index in [0.29, 0.717) is 16.6 Å². The Balaban J connectivity index is 1.76. The summed E-state index contributed by atoms with van der Waals surface area (Å²) < 4.78 is 36.3. The lowest BCUT2D eigenvalue weighted by Crippen LogP contribution is -2.34. The van der Waals surface area contributed by atoms with Crippen LogP contribution in [0.2, 0.25) is 0 Å². The van der Waals surface area contributed by atoms with E-state index in [9.17, 15) is 27.9 Å². The molecule has 0 atom stereocenters. The second kappa shape index (κ2) is 8.08. The van der Waals surface area contributed by atoms with Crippen molar-refractivity contribution in [3.05, 3.63) is 30.5 Å². The Labute approximate surface area is 160 Å². The summed E-state index contributed by atoms with van der Waals surface area (Å²) in [5, 5.41) is 14.3. The number of H-pyrrole nitrogens is 1. The van der Waals surface area contributed by atoms with Crippen molar-refractivity contribution in [3.63, 3.8) is 0 Å². The molecule has 0 spiro atoms. The van der Waals surface area contributed by atoms with Gasteiger partial charge in [0.1, 0.15) is 24.3 Å². The van der Waals surface area contributed by atoms with Crippen LogP contribution in [0.15, 0.2) is 24.8 Å². The van der Waals surface area contributed by atoms with Crippen LogP contribution in [0, 0.1) is 0 Å². The number of anilines is 1. The van der Waals surface area contributed by atoms with Crippen LogP contribution in [-0.4, -0.2) is 61.2 Å². The van der Waals surface area contributed by atoms with Crippen LogP contribution in [0.25, 0.3) is 22.4 Å².